The summed E-state index contributed by atoms with van der Waals surface area (Å²) in [5.41, 5.74) is 12.6. The fraction of sp³-hybridized carbons (Fsp3) is 0.256. The van der Waals surface area contributed by atoms with Crippen molar-refractivity contribution < 1.29 is 9.31 Å². The van der Waals surface area contributed by atoms with Gasteiger partial charge in [0.1, 0.15) is 0 Å². The molecule has 0 amide bonds. The highest BCUT2D eigenvalue weighted by molar-refractivity contribution is 6.48. The quantitative estimate of drug-likeness (QED) is 0.219. The van der Waals surface area contributed by atoms with Crippen molar-refractivity contribution >= 4 is 12.7 Å². The number of allylic oxidation sites excluding steroid dienone is 8. The van der Waals surface area contributed by atoms with Gasteiger partial charge in [0.2, 0.25) is 0 Å². The molecular formula is C43H39BO2. The van der Waals surface area contributed by atoms with Gasteiger partial charge in [-0.05, 0) is 102 Å². The van der Waals surface area contributed by atoms with Crippen LogP contribution in [0.15, 0.2) is 134 Å². The van der Waals surface area contributed by atoms with Crippen LogP contribution in [0.2, 0.25) is 5.82 Å². The van der Waals surface area contributed by atoms with E-state index in [0.717, 1.165) is 6.42 Å². The minimum absolute atomic E-state index is 0.180. The lowest BCUT2D eigenvalue weighted by Crippen LogP contribution is -2.41. The summed E-state index contributed by atoms with van der Waals surface area (Å²) < 4.78 is 12.9. The summed E-state index contributed by atoms with van der Waals surface area (Å²) in [5.74, 6) is 0.919. The predicted molar refractivity (Wildman–Crippen MR) is 190 cm³/mol. The standard InChI is InChI=1S/C43H39BO2/c1-41(2)42(3,4)46-44(45-41)32-16-12-15-30(26-32)28-13-11-14-29(25-28)31-23-24-40-36(27-31)35-19-7-10-22-39(35)43(40)37-20-8-5-17-33(37)34-18-6-9-21-38(34)43/h5-15,17-27,32-33,37H,16H2,1-4H3. The summed E-state index contributed by atoms with van der Waals surface area (Å²) in [6, 6.07) is 34.5. The summed E-state index contributed by atoms with van der Waals surface area (Å²) in [6.45, 7) is 8.51. The van der Waals surface area contributed by atoms with Crippen molar-refractivity contribution in [2.45, 2.75) is 62.5 Å². The fourth-order valence-electron chi connectivity index (χ4n) is 8.82. The maximum atomic E-state index is 6.44. The van der Waals surface area contributed by atoms with Crippen molar-refractivity contribution in [3.63, 3.8) is 0 Å². The van der Waals surface area contributed by atoms with Gasteiger partial charge in [-0.25, -0.2) is 0 Å². The van der Waals surface area contributed by atoms with E-state index in [1.165, 1.54) is 55.6 Å². The van der Waals surface area contributed by atoms with Crippen LogP contribution in [0.4, 0.5) is 0 Å². The van der Waals surface area contributed by atoms with Crippen molar-refractivity contribution in [1.82, 2.24) is 0 Å². The molecule has 0 N–H and O–H groups in total. The lowest BCUT2D eigenvalue weighted by Gasteiger charge is -2.36. The molecule has 9 rings (SSSR count). The van der Waals surface area contributed by atoms with Crippen LogP contribution >= 0.6 is 0 Å². The second-order valence-electron chi connectivity index (χ2n) is 14.7. The Morgan fingerprint density at radius 3 is 2.20 bits per heavy atom. The van der Waals surface area contributed by atoms with Gasteiger partial charge in [-0.15, -0.1) is 0 Å². The van der Waals surface area contributed by atoms with Crippen molar-refractivity contribution in [3.05, 3.63) is 161 Å². The molecule has 4 unspecified atom stereocenters. The third kappa shape index (κ3) is 3.85. The zero-order valence-corrected chi connectivity index (χ0v) is 27.0. The molecule has 3 heteroatoms. The van der Waals surface area contributed by atoms with E-state index in [4.69, 9.17) is 9.31 Å². The van der Waals surface area contributed by atoms with Gasteiger partial charge >= 0.3 is 7.12 Å². The van der Waals surface area contributed by atoms with Gasteiger partial charge in [-0.1, -0.05) is 121 Å². The summed E-state index contributed by atoms with van der Waals surface area (Å²) in [5, 5.41) is 0. The Kier molecular flexibility index (Phi) is 6.05. The Morgan fingerprint density at radius 1 is 0.652 bits per heavy atom. The molecule has 4 aliphatic carbocycles. The molecule has 46 heavy (non-hydrogen) atoms. The number of hydrogen-bond donors (Lipinski definition) is 0. The monoisotopic (exact) mass is 598 g/mol. The minimum Gasteiger partial charge on any atom is -0.403 e. The van der Waals surface area contributed by atoms with E-state index in [1.54, 1.807) is 0 Å². The normalized spacial score (nSPS) is 27.3. The highest BCUT2D eigenvalue weighted by atomic mass is 16.7. The van der Waals surface area contributed by atoms with Crippen molar-refractivity contribution in [2.75, 3.05) is 0 Å². The minimum atomic E-state index is -0.330. The molecule has 0 bridgehead atoms. The largest absolute Gasteiger partial charge is 0.465 e. The Hall–Kier alpha value is -4.18. The summed E-state index contributed by atoms with van der Waals surface area (Å²) in [4.78, 5) is 0. The molecular weight excluding hydrogens is 559 g/mol. The van der Waals surface area contributed by atoms with Gasteiger partial charge in [0.15, 0.2) is 0 Å². The summed E-state index contributed by atoms with van der Waals surface area (Å²) in [6.07, 6.45) is 17.1. The molecule has 0 radical (unpaired) electrons. The molecule has 1 heterocycles. The van der Waals surface area contributed by atoms with E-state index in [2.05, 4.69) is 161 Å². The molecule has 1 saturated heterocycles. The number of fused-ring (bicyclic) bond motifs is 10. The second kappa shape index (κ2) is 9.91. The van der Waals surface area contributed by atoms with Crippen molar-refractivity contribution in [2.24, 2.45) is 5.92 Å². The van der Waals surface area contributed by atoms with Crippen LogP contribution in [0.25, 0.3) is 27.8 Å². The predicted octanol–water partition coefficient (Wildman–Crippen LogP) is 10.3. The molecule has 5 aliphatic rings. The number of hydrogen-bond acceptors (Lipinski definition) is 2. The van der Waals surface area contributed by atoms with Crippen LogP contribution in [0.3, 0.4) is 0 Å². The third-order valence-corrected chi connectivity index (χ3v) is 11.7. The van der Waals surface area contributed by atoms with E-state index in [9.17, 15) is 0 Å². The first-order chi connectivity index (χ1) is 22.3. The number of benzene rings is 4. The number of rotatable bonds is 3. The van der Waals surface area contributed by atoms with E-state index < -0.39 is 0 Å². The zero-order valence-electron chi connectivity index (χ0n) is 27.0. The molecule has 1 aliphatic heterocycles. The van der Waals surface area contributed by atoms with Crippen LogP contribution in [0.1, 0.15) is 67.9 Å². The van der Waals surface area contributed by atoms with Gasteiger partial charge in [-0.3, -0.25) is 0 Å². The van der Waals surface area contributed by atoms with Crippen molar-refractivity contribution in [3.8, 4) is 22.3 Å². The average Bonchev–Trinajstić information content (AvgIpc) is 3.64. The van der Waals surface area contributed by atoms with Gasteiger partial charge in [0.25, 0.3) is 0 Å². The second-order valence-corrected chi connectivity index (χ2v) is 14.7. The third-order valence-electron chi connectivity index (χ3n) is 11.7. The smallest absolute Gasteiger partial charge is 0.403 e. The highest BCUT2D eigenvalue weighted by Gasteiger charge is 2.57. The Bertz CT molecular complexity index is 2010. The van der Waals surface area contributed by atoms with Gasteiger partial charge in [-0.2, -0.15) is 0 Å². The van der Waals surface area contributed by atoms with Crippen LogP contribution < -0.4 is 0 Å². The molecule has 4 atom stereocenters. The van der Waals surface area contributed by atoms with Gasteiger partial charge in [0.05, 0.1) is 16.6 Å². The molecule has 0 aromatic heterocycles. The van der Waals surface area contributed by atoms with E-state index in [-0.39, 0.29) is 29.6 Å². The molecule has 1 fully saturated rings. The van der Waals surface area contributed by atoms with E-state index in [1.807, 2.05) is 0 Å². The summed E-state index contributed by atoms with van der Waals surface area (Å²) >= 11 is 0. The zero-order chi connectivity index (χ0) is 31.3. The average molecular weight is 599 g/mol. The lowest BCUT2D eigenvalue weighted by atomic mass is 9.65. The summed E-state index contributed by atoms with van der Waals surface area (Å²) in [7, 11) is -0.243. The van der Waals surface area contributed by atoms with Crippen LogP contribution in [0, 0.1) is 5.92 Å². The Morgan fingerprint density at radius 2 is 1.35 bits per heavy atom. The molecule has 0 saturated carbocycles. The molecule has 1 spiro atoms. The van der Waals surface area contributed by atoms with Crippen LogP contribution in [-0.2, 0) is 14.7 Å². The maximum absolute atomic E-state index is 6.44. The first-order valence-corrected chi connectivity index (χ1v) is 16.8. The maximum Gasteiger partial charge on any atom is 0.465 e. The Labute approximate surface area is 273 Å². The SMILES string of the molecule is CC1(C)OB(C2C=C(c3cccc(-c4ccc5c(c4)-c4ccccc4C54c5ccccc5C5C=CC=CC54)c3)C=CC2)OC1(C)C. The first kappa shape index (κ1) is 28.1. The van der Waals surface area contributed by atoms with Crippen LogP contribution in [0.5, 0.6) is 0 Å². The van der Waals surface area contributed by atoms with Gasteiger partial charge < -0.3 is 9.31 Å². The lowest BCUT2D eigenvalue weighted by molar-refractivity contribution is 0.00578. The van der Waals surface area contributed by atoms with Gasteiger partial charge in [0, 0.05) is 17.7 Å². The van der Waals surface area contributed by atoms with Crippen molar-refractivity contribution in [1.29, 1.82) is 0 Å². The van der Waals surface area contributed by atoms with Crippen LogP contribution in [-0.4, -0.2) is 18.3 Å². The van der Waals surface area contributed by atoms with E-state index >= 15 is 0 Å². The highest BCUT2D eigenvalue weighted by Crippen LogP contribution is 2.65. The molecule has 4 aromatic carbocycles. The topological polar surface area (TPSA) is 18.5 Å². The van der Waals surface area contributed by atoms with E-state index in [0.29, 0.717) is 11.8 Å². The Balaban J connectivity index is 1.12. The first-order valence-electron chi connectivity index (χ1n) is 16.8. The molecule has 2 nitrogen and oxygen atoms in total. The molecule has 4 aromatic rings. The fourth-order valence-corrected chi connectivity index (χ4v) is 8.82. The molecule has 226 valence electrons.